The number of hydrogen-bond donors (Lipinski definition) is 2. The first-order chi connectivity index (χ1) is 9.08. The van der Waals surface area contributed by atoms with Crippen molar-refractivity contribution in [1.29, 1.82) is 0 Å². The Balaban J connectivity index is 1.92. The van der Waals surface area contributed by atoms with Gasteiger partial charge >= 0.3 is 0 Å². The third-order valence-electron chi connectivity index (χ3n) is 3.52. The van der Waals surface area contributed by atoms with Gasteiger partial charge in [-0.15, -0.1) is 0 Å². The molecular weight excluding hydrogens is 250 g/mol. The first-order valence-corrected chi connectivity index (χ1v) is 6.53. The number of piperidine rings is 1. The van der Waals surface area contributed by atoms with Gasteiger partial charge in [0, 0.05) is 18.2 Å². The number of amides is 1. The monoisotopic (exact) mass is 268 g/mol. The van der Waals surface area contributed by atoms with Gasteiger partial charge in [0.05, 0.1) is 6.04 Å². The van der Waals surface area contributed by atoms with E-state index in [1.807, 2.05) is 6.92 Å². The Bertz CT molecular complexity index is 465. The lowest BCUT2D eigenvalue weighted by Gasteiger charge is -2.28. The van der Waals surface area contributed by atoms with Gasteiger partial charge in [-0.3, -0.25) is 4.79 Å². The summed E-state index contributed by atoms with van der Waals surface area (Å²) in [5, 5.41) is 5.86. The van der Waals surface area contributed by atoms with Crippen LogP contribution in [0.4, 0.5) is 8.78 Å². The zero-order chi connectivity index (χ0) is 13.8. The van der Waals surface area contributed by atoms with E-state index >= 15 is 0 Å². The summed E-state index contributed by atoms with van der Waals surface area (Å²) in [7, 11) is 0. The molecule has 2 atom stereocenters. The van der Waals surface area contributed by atoms with Crippen LogP contribution >= 0.6 is 0 Å². The highest BCUT2D eigenvalue weighted by atomic mass is 19.1. The van der Waals surface area contributed by atoms with Crippen LogP contribution in [0.3, 0.4) is 0 Å². The van der Waals surface area contributed by atoms with Gasteiger partial charge in [-0.1, -0.05) is 13.0 Å². The molecule has 1 fully saturated rings. The van der Waals surface area contributed by atoms with E-state index in [4.69, 9.17) is 0 Å². The molecule has 3 nitrogen and oxygen atoms in total. The molecule has 1 amide bonds. The molecule has 104 valence electrons. The summed E-state index contributed by atoms with van der Waals surface area (Å²) in [6.07, 6.45) is 2.08. The summed E-state index contributed by atoms with van der Waals surface area (Å²) >= 11 is 0. The number of benzene rings is 1. The molecule has 0 radical (unpaired) electrons. The minimum Gasteiger partial charge on any atom is -0.351 e. The van der Waals surface area contributed by atoms with Crippen LogP contribution in [0, 0.1) is 17.6 Å². The zero-order valence-electron chi connectivity index (χ0n) is 10.9. The molecule has 0 aromatic heterocycles. The van der Waals surface area contributed by atoms with Crippen LogP contribution in [0.15, 0.2) is 18.2 Å². The SMILES string of the molecule is CC1CCCNC1C(=O)NCc1ccc(F)cc1F. The molecule has 0 spiro atoms. The van der Waals surface area contributed by atoms with E-state index < -0.39 is 11.6 Å². The lowest BCUT2D eigenvalue weighted by Crippen LogP contribution is -2.50. The fourth-order valence-electron chi connectivity index (χ4n) is 2.36. The second-order valence-electron chi connectivity index (χ2n) is 5.00. The Hall–Kier alpha value is -1.49. The minimum absolute atomic E-state index is 0.0792. The van der Waals surface area contributed by atoms with Gasteiger partial charge in [0.1, 0.15) is 11.6 Å². The average Bonchev–Trinajstić information content (AvgIpc) is 2.38. The summed E-state index contributed by atoms with van der Waals surface area (Å²) in [4.78, 5) is 12.0. The van der Waals surface area contributed by atoms with Crippen molar-refractivity contribution >= 4 is 5.91 Å². The summed E-state index contributed by atoms with van der Waals surface area (Å²) in [5.41, 5.74) is 0.290. The Morgan fingerprint density at radius 1 is 1.47 bits per heavy atom. The first-order valence-electron chi connectivity index (χ1n) is 6.53. The van der Waals surface area contributed by atoms with Gasteiger partial charge < -0.3 is 10.6 Å². The topological polar surface area (TPSA) is 41.1 Å². The van der Waals surface area contributed by atoms with Gasteiger partial charge in [0.15, 0.2) is 0 Å². The van der Waals surface area contributed by atoms with Gasteiger partial charge in [0.2, 0.25) is 5.91 Å². The van der Waals surface area contributed by atoms with Gasteiger partial charge in [-0.2, -0.15) is 0 Å². The highest BCUT2D eigenvalue weighted by Crippen LogP contribution is 2.16. The molecular formula is C14H18F2N2O. The highest BCUT2D eigenvalue weighted by Gasteiger charge is 2.27. The van der Waals surface area contributed by atoms with Crippen molar-refractivity contribution in [3.05, 3.63) is 35.4 Å². The minimum atomic E-state index is -0.634. The van der Waals surface area contributed by atoms with E-state index in [0.717, 1.165) is 25.5 Å². The largest absolute Gasteiger partial charge is 0.351 e. The number of carbonyl (C=O) groups excluding carboxylic acids is 1. The van der Waals surface area contributed by atoms with Crippen molar-refractivity contribution in [3.63, 3.8) is 0 Å². The lowest BCUT2D eigenvalue weighted by atomic mass is 9.92. The Labute approximate surface area is 111 Å². The Kier molecular flexibility index (Phi) is 4.47. The molecule has 0 saturated carbocycles. The fraction of sp³-hybridized carbons (Fsp3) is 0.500. The maximum absolute atomic E-state index is 13.4. The standard InChI is InChI=1S/C14H18F2N2O/c1-9-3-2-6-17-13(9)14(19)18-8-10-4-5-11(15)7-12(10)16/h4-5,7,9,13,17H,2-3,6,8H2,1H3,(H,18,19). The third kappa shape index (κ3) is 3.50. The van der Waals surface area contributed by atoms with Gasteiger partial charge in [-0.25, -0.2) is 8.78 Å². The molecule has 0 aliphatic carbocycles. The smallest absolute Gasteiger partial charge is 0.237 e. The second-order valence-corrected chi connectivity index (χ2v) is 5.00. The van der Waals surface area contributed by atoms with E-state index in [1.54, 1.807) is 0 Å². The van der Waals surface area contributed by atoms with Crippen LogP contribution in [0.1, 0.15) is 25.3 Å². The highest BCUT2D eigenvalue weighted by molar-refractivity contribution is 5.82. The number of halogens is 2. The molecule has 2 N–H and O–H groups in total. The van der Waals surface area contributed by atoms with Crippen molar-refractivity contribution in [3.8, 4) is 0 Å². The molecule has 1 saturated heterocycles. The van der Waals surface area contributed by atoms with E-state index in [1.165, 1.54) is 12.1 Å². The summed E-state index contributed by atoms with van der Waals surface area (Å²) < 4.78 is 26.2. The van der Waals surface area contributed by atoms with E-state index in [0.29, 0.717) is 5.56 Å². The number of hydrogen-bond acceptors (Lipinski definition) is 2. The normalized spacial score (nSPS) is 23.1. The van der Waals surface area contributed by atoms with E-state index in [2.05, 4.69) is 10.6 Å². The third-order valence-corrected chi connectivity index (χ3v) is 3.52. The molecule has 2 unspecified atom stereocenters. The Morgan fingerprint density at radius 3 is 2.95 bits per heavy atom. The maximum atomic E-state index is 13.4. The quantitative estimate of drug-likeness (QED) is 0.880. The molecule has 1 aromatic rings. The predicted octanol–water partition coefficient (Wildman–Crippen LogP) is 1.97. The lowest BCUT2D eigenvalue weighted by molar-refractivity contribution is -0.125. The fourth-order valence-corrected chi connectivity index (χ4v) is 2.36. The summed E-state index contributed by atoms with van der Waals surface area (Å²) in [5.74, 6) is -1.11. The molecule has 1 aliphatic rings. The Morgan fingerprint density at radius 2 is 2.26 bits per heavy atom. The number of carbonyl (C=O) groups is 1. The summed E-state index contributed by atoms with van der Waals surface area (Å²) in [6.45, 7) is 2.93. The predicted molar refractivity (Wildman–Crippen MR) is 68.4 cm³/mol. The molecule has 1 aromatic carbocycles. The van der Waals surface area contributed by atoms with Crippen LogP contribution in [0.5, 0.6) is 0 Å². The molecule has 2 rings (SSSR count). The van der Waals surface area contributed by atoms with Crippen LogP contribution in [0.25, 0.3) is 0 Å². The van der Waals surface area contributed by atoms with Crippen LogP contribution < -0.4 is 10.6 Å². The van der Waals surface area contributed by atoms with Crippen LogP contribution in [-0.2, 0) is 11.3 Å². The number of rotatable bonds is 3. The second kappa shape index (κ2) is 6.10. The molecule has 1 heterocycles. The van der Waals surface area contributed by atoms with E-state index in [-0.39, 0.29) is 24.4 Å². The van der Waals surface area contributed by atoms with Gasteiger partial charge in [-0.05, 0) is 31.4 Å². The molecule has 19 heavy (non-hydrogen) atoms. The number of nitrogens with one attached hydrogen (secondary N) is 2. The van der Waals surface area contributed by atoms with Crippen molar-refractivity contribution in [2.45, 2.75) is 32.4 Å². The van der Waals surface area contributed by atoms with Crippen LogP contribution in [0.2, 0.25) is 0 Å². The van der Waals surface area contributed by atoms with Crippen molar-refractivity contribution < 1.29 is 13.6 Å². The molecule has 0 bridgehead atoms. The van der Waals surface area contributed by atoms with Crippen molar-refractivity contribution in [2.24, 2.45) is 5.92 Å². The van der Waals surface area contributed by atoms with Gasteiger partial charge in [0.25, 0.3) is 0 Å². The van der Waals surface area contributed by atoms with Crippen LogP contribution in [-0.4, -0.2) is 18.5 Å². The average molecular weight is 268 g/mol. The zero-order valence-corrected chi connectivity index (χ0v) is 10.9. The summed E-state index contributed by atoms with van der Waals surface area (Å²) in [6, 6.07) is 3.13. The van der Waals surface area contributed by atoms with E-state index in [9.17, 15) is 13.6 Å². The first kappa shape index (κ1) is 13.9. The maximum Gasteiger partial charge on any atom is 0.237 e. The molecule has 5 heteroatoms. The molecule has 1 aliphatic heterocycles. The van der Waals surface area contributed by atoms with Crippen molar-refractivity contribution in [2.75, 3.05) is 6.54 Å². The van der Waals surface area contributed by atoms with Crippen molar-refractivity contribution in [1.82, 2.24) is 10.6 Å².